The number of benzene rings is 1. The molecule has 1 aliphatic rings. The number of aryl methyl sites for hydroxylation is 1. The lowest BCUT2D eigenvalue weighted by Crippen LogP contribution is -2.23. The standard InChI is InChI=1S/C12H17NO/c1-9-2-3-12-11(6-9)7-10(4-5-14)8-13-12/h2-3,6,10,13-14H,4-5,7-8H2,1H3. The summed E-state index contributed by atoms with van der Waals surface area (Å²) >= 11 is 0. The zero-order valence-corrected chi connectivity index (χ0v) is 8.59. The van der Waals surface area contributed by atoms with E-state index in [0.717, 1.165) is 19.4 Å². The van der Waals surface area contributed by atoms with Crippen LogP contribution >= 0.6 is 0 Å². The van der Waals surface area contributed by atoms with Gasteiger partial charge in [-0.05, 0) is 37.3 Å². The van der Waals surface area contributed by atoms with Crippen molar-refractivity contribution in [1.29, 1.82) is 0 Å². The van der Waals surface area contributed by atoms with Crippen molar-refractivity contribution in [3.05, 3.63) is 29.3 Å². The molecule has 0 saturated heterocycles. The van der Waals surface area contributed by atoms with E-state index in [4.69, 9.17) is 5.11 Å². The quantitative estimate of drug-likeness (QED) is 0.749. The molecule has 0 saturated carbocycles. The van der Waals surface area contributed by atoms with Crippen LogP contribution < -0.4 is 5.32 Å². The molecule has 1 aromatic carbocycles. The largest absolute Gasteiger partial charge is 0.396 e. The molecule has 2 rings (SSSR count). The normalized spacial score (nSPS) is 20.0. The first kappa shape index (κ1) is 9.53. The Labute approximate surface area is 85.0 Å². The fraction of sp³-hybridized carbons (Fsp3) is 0.500. The van der Waals surface area contributed by atoms with E-state index in [0.29, 0.717) is 12.5 Å². The Morgan fingerprint density at radius 3 is 3.14 bits per heavy atom. The molecule has 14 heavy (non-hydrogen) atoms. The fourth-order valence-electron chi connectivity index (χ4n) is 2.09. The number of nitrogens with one attached hydrogen (secondary N) is 1. The van der Waals surface area contributed by atoms with E-state index in [1.807, 2.05) is 0 Å². The molecule has 0 spiro atoms. The number of fused-ring (bicyclic) bond motifs is 1. The van der Waals surface area contributed by atoms with Crippen LogP contribution in [0.1, 0.15) is 17.5 Å². The Morgan fingerprint density at radius 1 is 1.50 bits per heavy atom. The second-order valence-electron chi connectivity index (χ2n) is 4.12. The molecule has 2 heteroatoms. The Balaban J connectivity index is 2.16. The number of aliphatic hydroxyl groups is 1. The van der Waals surface area contributed by atoms with Crippen molar-refractivity contribution >= 4 is 5.69 Å². The molecule has 1 aliphatic heterocycles. The maximum atomic E-state index is 8.89. The van der Waals surface area contributed by atoms with Gasteiger partial charge in [-0.1, -0.05) is 17.7 Å². The highest BCUT2D eigenvalue weighted by atomic mass is 16.3. The molecule has 0 radical (unpaired) electrons. The monoisotopic (exact) mass is 191 g/mol. The molecule has 1 atom stereocenters. The minimum Gasteiger partial charge on any atom is -0.396 e. The van der Waals surface area contributed by atoms with Gasteiger partial charge in [-0.15, -0.1) is 0 Å². The molecule has 0 aromatic heterocycles. The Hall–Kier alpha value is -1.02. The predicted molar refractivity (Wildman–Crippen MR) is 58.6 cm³/mol. The number of anilines is 1. The lowest BCUT2D eigenvalue weighted by Gasteiger charge is -2.25. The second-order valence-corrected chi connectivity index (χ2v) is 4.12. The molecule has 2 nitrogen and oxygen atoms in total. The minimum atomic E-state index is 0.299. The van der Waals surface area contributed by atoms with Crippen molar-refractivity contribution in [3.63, 3.8) is 0 Å². The van der Waals surface area contributed by atoms with Crippen molar-refractivity contribution in [2.24, 2.45) is 5.92 Å². The van der Waals surface area contributed by atoms with Crippen molar-refractivity contribution in [1.82, 2.24) is 0 Å². The summed E-state index contributed by atoms with van der Waals surface area (Å²) < 4.78 is 0. The Morgan fingerprint density at radius 2 is 2.36 bits per heavy atom. The Bertz CT molecular complexity index is 322. The van der Waals surface area contributed by atoms with Gasteiger partial charge < -0.3 is 10.4 Å². The average molecular weight is 191 g/mol. The second kappa shape index (κ2) is 4.01. The molecule has 0 fully saturated rings. The van der Waals surface area contributed by atoms with Crippen LogP contribution in [-0.2, 0) is 6.42 Å². The van der Waals surface area contributed by atoms with Crippen molar-refractivity contribution in [3.8, 4) is 0 Å². The van der Waals surface area contributed by atoms with Gasteiger partial charge in [-0.3, -0.25) is 0 Å². The third-order valence-electron chi connectivity index (χ3n) is 2.89. The molecule has 0 aliphatic carbocycles. The van der Waals surface area contributed by atoms with Crippen LogP contribution in [0, 0.1) is 12.8 Å². The van der Waals surface area contributed by atoms with Gasteiger partial charge in [0.2, 0.25) is 0 Å². The first-order valence-corrected chi connectivity index (χ1v) is 5.24. The number of hydrogen-bond donors (Lipinski definition) is 2. The van der Waals surface area contributed by atoms with Gasteiger partial charge in [0.1, 0.15) is 0 Å². The van der Waals surface area contributed by atoms with Gasteiger partial charge >= 0.3 is 0 Å². The van der Waals surface area contributed by atoms with Crippen molar-refractivity contribution in [2.45, 2.75) is 19.8 Å². The van der Waals surface area contributed by atoms with Crippen LogP contribution in [0.4, 0.5) is 5.69 Å². The highest BCUT2D eigenvalue weighted by Gasteiger charge is 2.17. The average Bonchev–Trinajstić information content (AvgIpc) is 2.17. The molecular formula is C12H17NO. The van der Waals surface area contributed by atoms with E-state index in [1.165, 1.54) is 16.8 Å². The summed E-state index contributed by atoms with van der Waals surface area (Å²) in [5.41, 5.74) is 3.98. The molecule has 1 aromatic rings. The molecule has 0 bridgehead atoms. The number of hydrogen-bond acceptors (Lipinski definition) is 2. The first-order chi connectivity index (χ1) is 6.79. The van der Waals surface area contributed by atoms with E-state index in [2.05, 4.69) is 30.4 Å². The summed E-state index contributed by atoms with van der Waals surface area (Å²) in [5, 5.41) is 12.3. The van der Waals surface area contributed by atoms with Crippen LogP contribution in [0.2, 0.25) is 0 Å². The van der Waals surface area contributed by atoms with E-state index in [-0.39, 0.29) is 0 Å². The number of aliphatic hydroxyl groups excluding tert-OH is 1. The summed E-state index contributed by atoms with van der Waals surface area (Å²) in [6.45, 7) is 3.42. The lowest BCUT2D eigenvalue weighted by molar-refractivity contribution is 0.258. The van der Waals surface area contributed by atoms with Gasteiger partial charge in [0.15, 0.2) is 0 Å². The summed E-state index contributed by atoms with van der Waals surface area (Å²) in [4.78, 5) is 0. The predicted octanol–water partition coefficient (Wildman–Crippen LogP) is 1.96. The Kier molecular flexibility index (Phi) is 2.73. The van der Waals surface area contributed by atoms with E-state index >= 15 is 0 Å². The van der Waals surface area contributed by atoms with Gasteiger partial charge in [0.25, 0.3) is 0 Å². The van der Waals surface area contributed by atoms with Gasteiger partial charge in [-0.2, -0.15) is 0 Å². The summed E-state index contributed by atoms with van der Waals surface area (Å²) in [5.74, 6) is 0.592. The van der Waals surface area contributed by atoms with Crippen LogP contribution in [0.25, 0.3) is 0 Å². The minimum absolute atomic E-state index is 0.299. The zero-order chi connectivity index (χ0) is 9.97. The van der Waals surface area contributed by atoms with Crippen LogP contribution in [-0.4, -0.2) is 18.3 Å². The van der Waals surface area contributed by atoms with Crippen LogP contribution in [0.15, 0.2) is 18.2 Å². The summed E-state index contributed by atoms with van der Waals surface area (Å²) in [6.07, 6.45) is 2.00. The molecule has 2 N–H and O–H groups in total. The van der Waals surface area contributed by atoms with Crippen LogP contribution in [0.5, 0.6) is 0 Å². The summed E-state index contributed by atoms with van der Waals surface area (Å²) in [6, 6.07) is 6.53. The molecule has 0 amide bonds. The van der Waals surface area contributed by atoms with Gasteiger partial charge in [-0.25, -0.2) is 0 Å². The third-order valence-corrected chi connectivity index (χ3v) is 2.89. The zero-order valence-electron chi connectivity index (χ0n) is 8.59. The third kappa shape index (κ3) is 1.90. The molecule has 1 heterocycles. The summed E-state index contributed by atoms with van der Waals surface area (Å²) in [7, 11) is 0. The maximum absolute atomic E-state index is 8.89. The van der Waals surface area contributed by atoms with Crippen molar-refractivity contribution < 1.29 is 5.11 Å². The van der Waals surface area contributed by atoms with E-state index in [9.17, 15) is 0 Å². The highest BCUT2D eigenvalue weighted by Crippen LogP contribution is 2.26. The topological polar surface area (TPSA) is 32.3 Å². The molecular weight excluding hydrogens is 174 g/mol. The molecule has 76 valence electrons. The number of rotatable bonds is 2. The highest BCUT2D eigenvalue weighted by molar-refractivity contribution is 5.54. The first-order valence-electron chi connectivity index (χ1n) is 5.24. The molecule has 1 unspecified atom stereocenters. The van der Waals surface area contributed by atoms with Gasteiger partial charge in [0, 0.05) is 18.8 Å². The fourth-order valence-corrected chi connectivity index (χ4v) is 2.09. The maximum Gasteiger partial charge on any atom is 0.0434 e. The van der Waals surface area contributed by atoms with Crippen molar-refractivity contribution in [2.75, 3.05) is 18.5 Å². The van der Waals surface area contributed by atoms with Gasteiger partial charge in [0.05, 0.1) is 0 Å². The SMILES string of the molecule is Cc1ccc2c(c1)CC(CCO)CN2. The van der Waals surface area contributed by atoms with Crippen LogP contribution in [0.3, 0.4) is 0 Å². The lowest BCUT2D eigenvalue weighted by atomic mass is 9.91. The van der Waals surface area contributed by atoms with E-state index in [1.54, 1.807) is 0 Å². The van der Waals surface area contributed by atoms with E-state index < -0.39 is 0 Å². The smallest absolute Gasteiger partial charge is 0.0434 e.